The number of ether oxygens (including phenoxy) is 8. The highest BCUT2D eigenvalue weighted by molar-refractivity contribution is 5.95. The van der Waals surface area contributed by atoms with Gasteiger partial charge in [0.25, 0.3) is 0 Å². The zero-order valence-corrected chi connectivity index (χ0v) is 37.4. The van der Waals surface area contributed by atoms with E-state index in [-0.39, 0.29) is 50.0 Å². The number of azide groups is 1. The monoisotopic (exact) mass is 874 g/mol. The first-order chi connectivity index (χ1) is 30.4. The van der Waals surface area contributed by atoms with Crippen LogP contribution in [0.25, 0.3) is 10.4 Å². The lowest BCUT2D eigenvalue weighted by Crippen LogP contribution is -2.31. The molecule has 2 aromatic rings. The summed E-state index contributed by atoms with van der Waals surface area (Å²) in [4.78, 5) is 51.4. The number of hydrogen-bond acceptors (Lipinski definition) is 12. The van der Waals surface area contributed by atoms with E-state index in [2.05, 4.69) is 47.4 Å². The number of carbonyl (C=O) groups excluding carboxylic acids is 4. The van der Waals surface area contributed by atoms with Gasteiger partial charge in [-0.15, -0.1) is 0 Å². The summed E-state index contributed by atoms with van der Waals surface area (Å²) in [5.41, 5.74) is 10.8. The molecule has 2 aromatic carbocycles. The summed E-state index contributed by atoms with van der Waals surface area (Å²) in [5.74, 6) is -0.553. The molecule has 0 aliphatic carbocycles. The first-order valence-electron chi connectivity index (χ1n) is 20.9. The van der Waals surface area contributed by atoms with Crippen molar-refractivity contribution < 1.29 is 57.1 Å². The van der Waals surface area contributed by atoms with Gasteiger partial charge in [0, 0.05) is 51.7 Å². The van der Waals surface area contributed by atoms with Crippen molar-refractivity contribution in [3.63, 3.8) is 0 Å². The Morgan fingerprint density at radius 1 is 0.762 bits per heavy atom. The maximum Gasteiger partial charge on any atom is 0.342 e. The first kappa shape index (κ1) is 51.6. The van der Waals surface area contributed by atoms with Crippen molar-refractivity contribution in [1.29, 1.82) is 0 Å². The van der Waals surface area contributed by atoms with Crippen LogP contribution in [0.1, 0.15) is 91.1 Å². The lowest BCUT2D eigenvalue weighted by Gasteiger charge is -2.28. The maximum atomic E-state index is 13.2. The highest BCUT2D eigenvalue weighted by Gasteiger charge is 2.29. The van der Waals surface area contributed by atoms with Crippen LogP contribution < -0.4 is 14.8 Å². The number of nitrogens with zero attached hydrogens (tertiary/aromatic N) is 3. The van der Waals surface area contributed by atoms with Crippen LogP contribution in [0.3, 0.4) is 0 Å². The van der Waals surface area contributed by atoms with E-state index >= 15 is 0 Å². The van der Waals surface area contributed by atoms with E-state index in [1.54, 1.807) is 45.7 Å². The number of carbonyl (C=O) groups is 4. The molecular formula is C47H62N4O12. The molecule has 342 valence electrons. The lowest BCUT2D eigenvalue weighted by molar-refractivity contribution is -0.118. The number of fused-ring (bicyclic) bond motifs is 2. The average Bonchev–Trinajstić information content (AvgIpc) is 3.26. The highest BCUT2D eigenvalue weighted by Crippen LogP contribution is 2.30. The van der Waals surface area contributed by atoms with Gasteiger partial charge < -0.3 is 43.2 Å². The summed E-state index contributed by atoms with van der Waals surface area (Å²) in [6.07, 6.45) is 17.3. The van der Waals surface area contributed by atoms with Gasteiger partial charge in [0.05, 0.1) is 26.4 Å². The molecule has 2 amide bonds. The van der Waals surface area contributed by atoms with Crippen molar-refractivity contribution in [2.45, 2.75) is 96.6 Å². The Morgan fingerprint density at radius 3 is 1.67 bits per heavy atom. The van der Waals surface area contributed by atoms with Gasteiger partial charge in [-0.05, 0) is 83.7 Å². The number of amides is 2. The fraction of sp³-hybridized carbons (Fsp3) is 0.489. The molecule has 0 saturated heterocycles. The summed E-state index contributed by atoms with van der Waals surface area (Å²) in [6, 6.07) is 11.0. The number of methoxy groups -OCH3 is 4. The summed E-state index contributed by atoms with van der Waals surface area (Å²) < 4.78 is 44.6. The molecule has 2 aliphatic heterocycles. The van der Waals surface area contributed by atoms with Gasteiger partial charge in [-0.3, -0.25) is 9.59 Å². The molecule has 16 nitrogen and oxygen atoms in total. The third-order valence-electron chi connectivity index (χ3n) is 10.3. The Kier molecular flexibility index (Phi) is 23.5. The van der Waals surface area contributed by atoms with Gasteiger partial charge in [-0.25, -0.2) is 9.59 Å². The third-order valence-corrected chi connectivity index (χ3v) is 10.3. The summed E-state index contributed by atoms with van der Waals surface area (Å²) in [5, 5.41) is 5.62. The molecule has 0 spiro atoms. The number of allylic oxidation sites excluding steroid dienone is 4. The molecule has 0 fully saturated rings. The van der Waals surface area contributed by atoms with E-state index in [1.165, 1.54) is 20.1 Å². The number of benzene rings is 2. The number of esters is 2. The summed E-state index contributed by atoms with van der Waals surface area (Å²) in [6.45, 7) is 5.89. The van der Waals surface area contributed by atoms with Gasteiger partial charge in [0.15, 0.2) is 0 Å². The molecule has 6 atom stereocenters. The minimum absolute atomic E-state index is 0.112. The van der Waals surface area contributed by atoms with E-state index in [0.717, 1.165) is 30.0 Å². The Labute approximate surface area is 370 Å². The van der Waals surface area contributed by atoms with Gasteiger partial charge in [0.1, 0.15) is 48.4 Å². The van der Waals surface area contributed by atoms with Gasteiger partial charge in [-0.2, -0.15) is 0 Å². The van der Waals surface area contributed by atoms with Crippen molar-refractivity contribution in [1.82, 2.24) is 5.32 Å². The minimum Gasteiger partial charge on any atom is -0.496 e. The summed E-state index contributed by atoms with van der Waals surface area (Å²) >= 11 is 0. The van der Waals surface area contributed by atoms with E-state index in [4.69, 9.17) is 43.4 Å². The van der Waals surface area contributed by atoms with E-state index in [0.29, 0.717) is 54.7 Å². The van der Waals surface area contributed by atoms with Crippen molar-refractivity contribution in [3.05, 3.63) is 118 Å². The van der Waals surface area contributed by atoms with Crippen molar-refractivity contribution in [2.75, 3.05) is 42.0 Å². The fourth-order valence-electron chi connectivity index (χ4n) is 7.00. The molecule has 1 N–H and O–H groups in total. The van der Waals surface area contributed by atoms with E-state index < -0.39 is 30.1 Å². The molecule has 0 bridgehead atoms. The van der Waals surface area contributed by atoms with E-state index in [9.17, 15) is 19.2 Å². The largest absolute Gasteiger partial charge is 0.496 e. The van der Waals surface area contributed by atoms with Crippen LogP contribution in [0.4, 0.5) is 0 Å². The molecule has 63 heavy (non-hydrogen) atoms. The standard InChI is InChI=1S/C24H33NO6.C23H29N3O6/c1-17-9-5-6-10-19-11-7-13-21(29-4)23(19)24(27)31-20(12-8-14-25-18(2)26)15-22(17)30-16-28-3;1-16-8-4-5-9-17-10-6-12-19(30-3)22(17)23(28)32-18(14-20(16)31-15-29-2)11-7-13-21(27)25-26-24/h5-8,11,13-14,17,20,22H,9-10,12,15-16H2,1-4H3,(H,25,26);4-7,10,12-13,16,18,20H,8-9,11,14-15H2,1-3H3/b6-5+,14-8+;5-4+,13-7+/t17-,20?,22+;16-,18?,20+/m00/s1. The topological polar surface area (TPSA) is 203 Å². The molecule has 2 aliphatic rings. The van der Waals surface area contributed by atoms with Crippen LogP contribution in [0, 0.1) is 11.8 Å². The SMILES string of the molecule is COCO[C@@H]1CC(C/C=C/C(=O)N=[N+]=[N-])OC(=O)c2c(cccc2OC)C/C=C/C[C@@H]1C.COCO[C@@H]1CC(C/C=C/NC(C)=O)OC(=O)c2c(cccc2OC)C/C=C/C[C@@H]1C. The highest BCUT2D eigenvalue weighted by atomic mass is 16.7. The van der Waals surface area contributed by atoms with Gasteiger partial charge in [0.2, 0.25) is 11.8 Å². The first-order valence-corrected chi connectivity index (χ1v) is 20.9. The average molecular weight is 875 g/mol. The molecule has 16 heteroatoms. The third kappa shape index (κ3) is 17.9. The molecule has 4 rings (SSSR count). The summed E-state index contributed by atoms with van der Waals surface area (Å²) in [7, 11) is 6.17. The number of nitrogens with one attached hydrogen (secondary N) is 1. The number of cyclic esters (lactones) is 2. The van der Waals surface area contributed by atoms with Gasteiger partial charge >= 0.3 is 11.9 Å². The molecule has 2 heterocycles. The van der Waals surface area contributed by atoms with Crippen LogP contribution in [0.5, 0.6) is 11.5 Å². The van der Waals surface area contributed by atoms with Crippen molar-refractivity contribution in [2.24, 2.45) is 17.0 Å². The van der Waals surface area contributed by atoms with Crippen LogP contribution in [0.15, 0.2) is 90.2 Å². The van der Waals surface area contributed by atoms with Crippen molar-refractivity contribution >= 4 is 23.8 Å². The maximum absolute atomic E-state index is 13.2. The van der Waals surface area contributed by atoms with Crippen molar-refractivity contribution in [3.8, 4) is 11.5 Å². The van der Waals surface area contributed by atoms with Crippen LogP contribution in [-0.4, -0.2) is 90.2 Å². The Hall–Kier alpha value is -5.77. The second-order valence-electron chi connectivity index (χ2n) is 15.0. The Morgan fingerprint density at radius 2 is 1.24 bits per heavy atom. The molecule has 0 saturated carbocycles. The van der Waals surface area contributed by atoms with Crippen LogP contribution >= 0.6 is 0 Å². The second kappa shape index (κ2) is 28.8. The number of hydrogen-bond donors (Lipinski definition) is 1. The van der Waals surface area contributed by atoms with Crippen LogP contribution in [0.2, 0.25) is 0 Å². The number of rotatable bonds is 14. The van der Waals surface area contributed by atoms with E-state index in [1.807, 2.05) is 30.3 Å². The second-order valence-corrected chi connectivity index (χ2v) is 15.0. The molecule has 0 radical (unpaired) electrons. The Bertz CT molecular complexity index is 1960. The zero-order chi connectivity index (χ0) is 46.0. The predicted octanol–water partition coefficient (Wildman–Crippen LogP) is 8.30. The smallest absolute Gasteiger partial charge is 0.342 e. The molecule has 0 aromatic heterocycles. The molecular weight excluding hydrogens is 813 g/mol. The predicted molar refractivity (Wildman–Crippen MR) is 236 cm³/mol. The van der Waals surface area contributed by atoms with Crippen LogP contribution in [-0.2, 0) is 50.9 Å². The zero-order valence-electron chi connectivity index (χ0n) is 37.4. The Balaban J connectivity index is 0.000000335. The lowest BCUT2D eigenvalue weighted by atomic mass is 9.93. The quantitative estimate of drug-likeness (QED) is 0.0362. The fourth-order valence-corrected chi connectivity index (χ4v) is 7.00. The normalized spacial score (nSPS) is 22.9. The molecule has 2 unspecified atom stereocenters. The minimum atomic E-state index is -0.718. The van der Waals surface area contributed by atoms with Gasteiger partial charge in [-0.1, -0.05) is 74.6 Å².